The van der Waals surface area contributed by atoms with Crippen molar-refractivity contribution < 1.29 is 19.1 Å². The number of methoxy groups -OCH3 is 2. The Balaban J connectivity index is 1.41. The van der Waals surface area contributed by atoms with Gasteiger partial charge in [-0.2, -0.15) is 0 Å². The minimum Gasteiger partial charge on any atom is -0.493 e. The van der Waals surface area contributed by atoms with Gasteiger partial charge in [-0.3, -0.25) is 14.5 Å². The Kier molecular flexibility index (Phi) is 5.17. The number of ether oxygens (including phenoxy) is 2. The SMILES string of the molecule is COc1ccc(CCN2C(=O)C3C(C2=O)C2(Br)c4ccccc4C3(Br)c3ccccc32)cc1OC. The molecule has 3 aliphatic carbocycles. The quantitative estimate of drug-likeness (QED) is 0.302. The van der Waals surface area contributed by atoms with Gasteiger partial charge in [0.2, 0.25) is 11.8 Å². The van der Waals surface area contributed by atoms with Crippen LogP contribution in [0.15, 0.2) is 66.7 Å². The second-order valence-electron chi connectivity index (χ2n) is 9.24. The van der Waals surface area contributed by atoms with Crippen LogP contribution in [0.5, 0.6) is 11.5 Å². The van der Waals surface area contributed by atoms with Gasteiger partial charge in [-0.05, 0) is 46.4 Å². The average molecular weight is 597 g/mol. The fraction of sp³-hybridized carbons (Fsp3) is 0.286. The topological polar surface area (TPSA) is 55.8 Å². The number of imide groups is 1. The third-order valence-electron chi connectivity index (χ3n) is 7.75. The molecule has 178 valence electrons. The molecule has 0 spiro atoms. The molecule has 2 unspecified atom stereocenters. The standard InChI is InChI=1S/C28H23Br2NO4/c1-34-21-12-11-16(15-22(21)35-2)13-14-31-25(32)23-24(26(31)33)28(30)18-8-4-3-7-17(18)27(23,29)19-9-5-6-10-20(19)28/h3-12,15,23-24H,13-14H2,1-2H3. The maximum atomic E-state index is 14.0. The highest BCUT2D eigenvalue weighted by atomic mass is 79.9. The maximum absolute atomic E-state index is 14.0. The lowest BCUT2D eigenvalue weighted by atomic mass is 9.54. The third kappa shape index (κ3) is 2.85. The van der Waals surface area contributed by atoms with Crippen LogP contribution in [-0.4, -0.2) is 37.5 Å². The van der Waals surface area contributed by atoms with Gasteiger partial charge in [0.25, 0.3) is 0 Å². The van der Waals surface area contributed by atoms with Crippen molar-refractivity contribution in [2.45, 2.75) is 15.1 Å². The zero-order chi connectivity index (χ0) is 24.5. The van der Waals surface area contributed by atoms with Crippen LogP contribution in [0.1, 0.15) is 27.8 Å². The molecule has 0 saturated carbocycles. The Morgan fingerprint density at radius 2 is 1.20 bits per heavy atom. The van der Waals surface area contributed by atoms with Crippen LogP contribution < -0.4 is 9.47 Å². The van der Waals surface area contributed by atoms with E-state index >= 15 is 0 Å². The number of amides is 2. The fourth-order valence-electron chi connectivity index (χ4n) is 6.22. The van der Waals surface area contributed by atoms with E-state index in [0.29, 0.717) is 24.5 Å². The highest BCUT2D eigenvalue weighted by Gasteiger charge is 2.72. The van der Waals surface area contributed by atoms with E-state index in [4.69, 9.17) is 9.47 Å². The van der Waals surface area contributed by atoms with Crippen LogP contribution in [0.4, 0.5) is 0 Å². The highest BCUT2D eigenvalue weighted by Crippen LogP contribution is 2.70. The number of hydrogen-bond acceptors (Lipinski definition) is 4. The van der Waals surface area contributed by atoms with Crippen molar-refractivity contribution in [1.29, 1.82) is 0 Å². The number of halogens is 2. The summed E-state index contributed by atoms with van der Waals surface area (Å²) in [5.41, 5.74) is 5.13. The zero-order valence-corrected chi connectivity index (χ0v) is 22.4. The molecule has 7 rings (SSSR count). The van der Waals surface area contributed by atoms with E-state index in [2.05, 4.69) is 56.1 Å². The summed E-state index contributed by atoms with van der Waals surface area (Å²) in [6.45, 7) is 0.305. The molecule has 5 nitrogen and oxygen atoms in total. The first-order valence-electron chi connectivity index (χ1n) is 11.5. The molecule has 1 saturated heterocycles. The average Bonchev–Trinajstić information content (AvgIpc) is 3.16. The molecule has 3 aromatic rings. The van der Waals surface area contributed by atoms with Gasteiger partial charge in [0.1, 0.15) is 0 Å². The summed E-state index contributed by atoms with van der Waals surface area (Å²) >= 11 is 8.07. The van der Waals surface area contributed by atoms with E-state index in [-0.39, 0.29) is 11.8 Å². The lowest BCUT2D eigenvalue weighted by Gasteiger charge is -2.55. The number of alkyl halides is 2. The first kappa shape index (κ1) is 22.8. The van der Waals surface area contributed by atoms with Gasteiger partial charge in [0.05, 0.1) is 34.7 Å². The predicted molar refractivity (Wildman–Crippen MR) is 139 cm³/mol. The van der Waals surface area contributed by atoms with Crippen LogP contribution in [0, 0.1) is 11.8 Å². The van der Waals surface area contributed by atoms with Crippen molar-refractivity contribution in [2.75, 3.05) is 20.8 Å². The highest BCUT2D eigenvalue weighted by molar-refractivity contribution is 9.10. The van der Waals surface area contributed by atoms with Crippen LogP contribution in [-0.2, 0) is 24.7 Å². The Labute approximate surface area is 220 Å². The minimum absolute atomic E-state index is 0.134. The van der Waals surface area contributed by atoms with E-state index in [0.717, 1.165) is 27.8 Å². The monoisotopic (exact) mass is 595 g/mol. The van der Waals surface area contributed by atoms with Crippen molar-refractivity contribution in [1.82, 2.24) is 4.90 Å². The molecule has 4 aliphatic rings. The maximum Gasteiger partial charge on any atom is 0.235 e. The normalized spacial score (nSPS) is 27.9. The number of likely N-dealkylation sites (tertiary alicyclic amines) is 1. The van der Waals surface area contributed by atoms with Gasteiger partial charge >= 0.3 is 0 Å². The van der Waals surface area contributed by atoms with Gasteiger partial charge in [-0.25, -0.2) is 0 Å². The molecule has 1 heterocycles. The molecule has 0 N–H and O–H groups in total. The summed E-state index contributed by atoms with van der Waals surface area (Å²) in [7, 11) is 3.19. The Morgan fingerprint density at radius 1 is 0.743 bits per heavy atom. The molecule has 2 atom stereocenters. The summed E-state index contributed by atoms with van der Waals surface area (Å²) in [4.78, 5) is 29.4. The van der Waals surface area contributed by atoms with E-state index in [1.165, 1.54) is 4.90 Å². The Morgan fingerprint density at radius 3 is 1.63 bits per heavy atom. The lowest BCUT2D eigenvalue weighted by Crippen LogP contribution is -2.56. The molecule has 2 bridgehead atoms. The predicted octanol–water partition coefficient (Wildman–Crippen LogP) is 5.15. The van der Waals surface area contributed by atoms with Crippen LogP contribution in [0.3, 0.4) is 0 Å². The van der Waals surface area contributed by atoms with E-state index in [9.17, 15) is 9.59 Å². The smallest absolute Gasteiger partial charge is 0.235 e. The van der Waals surface area contributed by atoms with E-state index in [1.807, 2.05) is 42.5 Å². The number of benzene rings is 3. The summed E-state index contributed by atoms with van der Waals surface area (Å²) in [6.07, 6.45) is 0.530. The minimum atomic E-state index is -0.759. The summed E-state index contributed by atoms with van der Waals surface area (Å²) in [6, 6.07) is 21.9. The largest absolute Gasteiger partial charge is 0.493 e. The van der Waals surface area contributed by atoms with Gasteiger partial charge in [0, 0.05) is 6.54 Å². The van der Waals surface area contributed by atoms with Crippen molar-refractivity contribution in [3.05, 3.63) is 94.5 Å². The van der Waals surface area contributed by atoms with Crippen LogP contribution in [0.25, 0.3) is 0 Å². The van der Waals surface area contributed by atoms with E-state index in [1.54, 1.807) is 14.2 Å². The number of carbonyl (C=O) groups is 2. The summed E-state index contributed by atoms with van der Waals surface area (Å²) < 4.78 is 9.23. The molecule has 2 amide bonds. The molecule has 1 aliphatic heterocycles. The molecule has 1 fully saturated rings. The van der Waals surface area contributed by atoms with E-state index < -0.39 is 20.5 Å². The van der Waals surface area contributed by atoms with Gasteiger partial charge in [0.15, 0.2) is 11.5 Å². The van der Waals surface area contributed by atoms with Gasteiger partial charge in [-0.15, -0.1) is 0 Å². The van der Waals surface area contributed by atoms with Crippen molar-refractivity contribution in [2.24, 2.45) is 11.8 Å². The molecule has 0 aromatic heterocycles. The number of carbonyl (C=O) groups excluding carboxylic acids is 2. The second-order valence-corrected chi connectivity index (χ2v) is 11.7. The molecule has 35 heavy (non-hydrogen) atoms. The summed E-state index contributed by atoms with van der Waals surface area (Å²) in [5, 5.41) is 0. The number of rotatable bonds is 5. The Bertz CT molecular complexity index is 1270. The second kappa shape index (κ2) is 7.93. The lowest BCUT2D eigenvalue weighted by molar-refractivity contribution is -0.140. The number of hydrogen-bond donors (Lipinski definition) is 0. The summed E-state index contributed by atoms with van der Waals surface area (Å²) in [5.74, 6) is -0.0739. The van der Waals surface area contributed by atoms with Gasteiger partial charge in [-0.1, -0.05) is 86.5 Å². The van der Waals surface area contributed by atoms with Gasteiger partial charge < -0.3 is 9.47 Å². The van der Waals surface area contributed by atoms with Crippen LogP contribution in [0.2, 0.25) is 0 Å². The zero-order valence-electron chi connectivity index (χ0n) is 19.3. The van der Waals surface area contributed by atoms with Crippen LogP contribution >= 0.6 is 31.9 Å². The first-order valence-corrected chi connectivity index (χ1v) is 13.1. The van der Waals surface area contributed by atoms with Crippen molar-refractivity contribution >= 4 is 43.7 Å². The fourth-order valence-corrected chi connectivity index (χ4v) is 8.53. The van der Waals surface area contributed by atoms with Crippen molar-refractivity contribution in [3.63, 3.8) is 0 Å². The third-order valence-corrected chi connectivity index (χ3v) is 10.4. The molecule has 7 heteroatoms. The molecular weight excluding hydrogens is 574 g/mol. The Hall–Kier alpha value is -2.64. The number of nitrogens with zero attached hydrogens (tertiary/aromatic N) is 1. The first-order chi connectivity index (χ1) is 16.9. The molecular formula is C28H23Br2NO4. The van der Waals surface area contributed by atoms with Crippen molar-refractivity contribution in [3.8, 4) is 11.5 Å². The molecule has 0 radical (unpaired) electrons. The molecule has 3 aromatic carbocycles.